The topological polar surface area (TPSA) is 23.5 Å². The minimum Gasteiger partial charge on any atom is -0.370 e. The molecule has 1 aliphatic heterocycles. The Hall–Kier alpha value is -0.280. The first-order valence-electron chi connectivity index (χ1n) is 3.62. The Balaban J connectivity index is 2.73. The first-order valence-corrected chi connectivity index (χ1v) is 4.41. The molecule has 0 spiro atoms. The average molecular weight is 218 g/mol. The van der Waals surface area contributed by atoms with E-state index in [0.717, 1.165) is 4.48 Å². The third kappa shape index (κ3) is 2.07. The molecule has 11 heavy (non-hydrogen) atoms. The zero-order chi connectivity index (χ0) is 8.43. The summed E-state index contributed by atoms with van der Waals surface area (Å²) < 4.78 is 0.997. The number of rotatable bonds is 1. The van der Waals surface area contributed by atoms with Crippen LogP contribution in [0.5, 0.6) is 0 Å². The largest absolute Gasteiger partial charge is 0.370 e. The Morgan fingerprint density at radius 1 is 1.64 bits per heavy atom. The van der Waals surface area contributed by atoms with Crippen molar-refractivity contribution in [2.45, 2.75) is 26.1 Å². The number of nitrogens with zero attached hydrogens (tertiary/aromatic N) is 1. The second-order valence-corrected chi connectivity index (χ2v) is 3.74. The van der Waals surface area contributed by atoms with Crippen molar-refractivity contribution in [2.75, 3.05) is 0 Å². The van der Waals surface area contributed by atoms with Gasteiger partial charge in [-0.05, 0) is 41.9 Å². The molecule has 0 saturated heterocycles. The number of halogens is 1. The van der Waals surface area contributed by atoms with Gasteiger partial charge in [-0.3, -0.25) is 0 Å². The summed E-state index contributed by atoms with van der Waals surface area (Å²) in [4.78, 5) is 1.88. The highest BCUT2D eigenvalue weighted by Gasteiger charge is 2.15. The van der Waals surface area contributed by atoms with E-state index < -0.39 is 6.23 Å². The Morgan fingerprint density at radius 2 is 2.27 bits per heavy atom. The third-order valence-electron chi connectivity index (χ3n) is 1.60. The molecule has 0 bridgehead atoms. The molecular weight excluding hydrogens is 206 g/mol. The smallest absolute Gasteiger partial charge is 0.146 e. The fourth-order valence-electron chi connectivity index (χ4n) is 0.994. The van der Waals surface area contributed by atoms with Gasteiger partial charge in [0.25, 0.3) is 0 Å². The Morgan fingerprint density at radius 3 is 2.73 bits per heavy atom. The zero-order valence-electron chi connectivity index (χ0n) is 6.66. The van der Waals surface area contributed by atoms with Crippen LogP contribution in [0, 0.1) is 0 Å². The molecule has 1 unspecified atom stereocenters. The second kappa shape index (κ2) is 3.41. The fourth-order valence-corrected chi connectivity index (χ4v) is 1.38. The van der Waals surface area contributed by atoms with Crippen LogP contribution < -0.4 is 0 Å². The molecule has 1 rings (SSSR count). The van der Waals surface area contributed by atoms with Crippen molar-refractivity contribution in [3.8, 4) is 0 Å². The molecule has 0 radical (unpaired) electrons. The highest BCUT2D eigenvalue weighted by atomic mass is 79.9. The molecule has 2 nitrogen and oxygen atoms in total. The van der Waals surface area contributed by atoms with Crippen LogP contribution >= 0.6 is 15.9 Å². The van der Waals surface area contributed by atoms with Crippen molar-refractivity contribution in [3.63, 3.8) is 0 Å². The van der Waals surface area contributed by atoms with Crippen LogP contribution in [0.25, 0.3) is 0 Å². The summed E-state index contributed by atoms with van der Waals surface area (Å²) in [6.07, 6.45) is 5.03. The molecule has 0 aromatic heterocycles. The summed E-state index contributed by atoms with van der Waals surface area (Å²) >= 11 is 3.35. The van der Waals surface area contributed by atoms with Gasteiger partial charge in [-0.15, -0.1) is 0 Å². The number of allylic oxidation sites excluding steroid dienone is 2. The number of aliphatic hydroxyl groups excluding tert-OH is 1. The molecule has 1 heterocycles. The lowest BCUT2D eigenvalue weighted by atomic mass is 10.2. The van der Waals surface area contributed by atoms with E-state index in [9.17, 15) is 5.11 Å². The van der Waals surface area contributed by atoms with E-state index in [4.69, 9.17) is 0 Å². The maximum Gasteiger partial charge on any atom is 0.146 e. The minimum atomic E-state index is -0.476. The molecular formula is C8H12BrNO. The zero-order valence-corrected chi connectivity index (χ0v) is 8.25. The maximum atomic E-state index is 9.43. The number of aliphatic hydroxyl groups is 1. The van der Waals surface area contributed by atoms with Gasteiger partial charge in [0, 0.05) is 16.7 Å². The van der Waals surface area contributed by atoms with Gasteiger partial charge in [-0.2, -0.15) is 0 Å². The van der Waals surface area contributed by atoms with Crippen molar-refractivity contribution in [3.05, 3.63) is 22.8 Å². The van der Waals surface area contributed by atoms with Gasteiger partial charge in [-0.25, -0.2) is 0 Å². The van der Waals surface area contributed by atoms with Crippen LogP contribution in [0.3, 0.4) is 0 Å². The SMILES string of the molecule is CC(C)N1C=C(Br)C=CC1O. The molecule has 3 heteroatoms. The van der Waals surface area contributed by atoms with Gasteiger partial charge in [-0.1, -0.05) is 0 Å². The van der Waals surface area contributed by atoms with Crippen molar-refractivity contribution < 1.29 is 5.11 Å². The van der Waals surface area contributed by atoms with Crippen LogP contribution in [0.2, 0.25) is 0 Å². The Kier molecular flexibility index (Phi) is 2.73. The van der Waals surface area contributed by atoms with E-state index in [1.165, 1.54) is 0 Å². The summed E-state index contributed by atoms with van der Waals surface area (Å²) in [5.74, 6) is 0. The molecule has 0 amide bonds. The fraction of sp³-hybridized carbons (Fsp3) is 0.500. The van der Waals surface area contributed by atoms with Gasteiger partial charge in [0.05, 0.1) is 0 Å². The van der Waals surface area contributed by atoms with Crippen molar-refractivity contribution in [1.29, 1.82) is 0 Å². The maximum absolute atomic E-state index is 9.43. The second-order valence-electron chi connectivity index (χ2n) is 2.83. The predicted molar refractivity (Wildman–Crippen MR) is 49.1 cm³/mol. The monoisotopic (exact) mass is 217 g/mol. The van der Waals surface area contributed by atoms with Gasteiger partial charge >= 0.3 is 0 Å². The van der Waals surface area contributed by atoms with Crippen molar-refractivity contribution in [2.24, 2.45) is 0 Å². The molecule has 1 N–H and O–H groups in total. The molecule has 1 atom stereocenters. The Bertz CT molecular complexity index is 198. The Labute approximate surface area is 75.3 Å². The summed E-state index contributed by atoms with van der Waals surface area (Å²) in [6.45, 7) is 4.08. The van der Waals surface area contributed by atoms with E-state index in [1.807, 2.05) is 31.0 Å². The molecule has 62 valence electrons. The average Bonchev–Trinajstić information content (AvgIpc) is 1.94. The minimum absolute atomic E-state index is 0.322. The number of hydrogen-bond acceptors (Lipinski definition) is 2. The molecule has 0 aliphatic carbocycles. The van der Waals surface area contributed by atoms with E-state index >= 15 is 0 Å². The molecule has 0 saturated carbocycles. The highest BCUT2D eigenvalue weighted by Crippen LogP contribution is 2.18. The van der Waals surface area contributed by atoms with Crippen LogP contribution in [0.4, 0.5) is 0 Å². The molecule has 0 fully saturated rings. The van der Waals surface area contributed by atoms with Crippen LogP contribution in [-0.4, -0.2) is 22.3 Å². The molecule has 0 aromatic carbocycles. The lowest BCUT2D eigenvalue weighted by Crippen LogP contribution is -2.36. The normalized spacial score (nSPS) is 24.3. The van der Waals surface area contributed by atoms with Crippen molar-refractivity contribution in [1.82, 2.24) is 4.90 Å². The third-order valence-corrected chi connectivity index (χ3v) is 2.07. The van der Waals surface area contributed by atoms with Crippen LogP contribution in [0.15, 0.2) is 22.8 Å². The first kappa shape index (κ1) is 8.81. The van der Waals surface area contributed by atoms with Crippen molar-refractivity contribution >= 4 is 15.9 Å². The highest BCUT2D eigenvalue weighted by molar-refractivity contribution is 9.11. The predicted octanol–water partition coefficient (Wildman–Crippen LogP) is 1.82. The summed E-state index contributed by atoms with van der Waals surface area (Å²) in [5, 5.41) is 9.43. The number of hydrogen-bond donors (Lipinski definition) is 1. The first-order chi connectivity index (χ1) is 5.11. The lowest BCUT2D eigenvalue weighted by Gasteiger charge is -2.30. The van der Waals surface area contributed by atoms with E-state index in [0.29, 0.717) is 6.04 Å². The summed E-state index contributed by atoms with van der Waals surface area (Å²) in [7, 11) is 0. The van der Waals surface area contributed by atoms with Gasteiger partial charge < -0.3 is 10.0 Å². The molecule has 1 aliphatic rings. The lowest BCUT2D eigenvalue weighted by molar-refractivity contribution is 0.0565. The van der Waals surface area contributed by atoms with E-state index in [-0.39, 0.29) is 0 Å². The molecule has 0 aromatic rings. The van der Waals surface area contributed by atoms with E-state index in [2.05, 4.69) is 15.9 Å². The summed E-state index contributed by atoms with van der Waals surface area (Å²) in [6, 6.07) is 0.322. The van der Waals surface area contributed by atoms with E-state index in [1.54, 1.807) is 6.08 Å². The van der Waals surface area contributed by atoms with Gasteiger partial charge in [0.15, 0.2) is 0 Å². The van der Waals surface area contributed by atoms with Gasteiger partial charge in [0.1, 0.15) is 6.23 Å². The summed E-state index contributed by atoms with van der Waals surface area (Å²) in [5.41, 5.74) is 0. The quantitative estimate of drug-likeness (QED) is 0.725. The standard InChI is InChI=1S/C8H12BrNO/c1-6(2)10-5-7(9)3-4-8(10)11/h3-6,8,11H,1-2H3. The van der Waals surface area contributed by atoms with Gasteiger partial charge in [0.2, 0.25) is 0 Å². The van der Waals surface area contributed by atoms with Crippen LogP contribution in [0.1, 0.15) is 13.8 Å². The van der Waals surface area contributed by atoms with Crippen LogP contribution in [-0.2, 0) is 0 Å².